The number of pyridine rings is 2. The molecule has 0 aliphatic carbocycles. The average molecular weight is 399 g/mol. The molecule has 30 heavy (non-hydrogen) atoms. The molecule has 1 fully saturated rings. The van der Waals surface area contributed by atoms with E-state index in [1.165, 1.54) is 6.07 Å². The van der Waals surface area contributed by atoms with Crippen molar-refractivity contribution in [2.75, 3.05) is 31.2 Å². The molecule has 5 nitrogen and oxygen atoms in total. The number of hydrogen-bond acceptors (Lipinski definition) is 5. The summed E-state index contributed by atoms with van der Waals surface area (Å²) in [4.78, 5) is 11.1. The highest BCUT2D eigenvalue weighted by Gasteiger charge is 2.22. The number of nitrogens with zero attached hydrogens (tertiary/aromatic N) is 3. The Labute approximate surface area is 171 Å². The second-order valence-corrected chi connectivity index (χ2v) is 7.44. The van der Waals surface area contributed by atoms with Gasteiger partial charge in [0.2, 0.25) is 5.95 Å². The third kappa shape index (κ3) is 2.72. The summed E-state index contributed by atoms with van der Waals surface area (Å²) in [7, 11) is 0. The predicted octanol–water partition coefficient (Wildman–Crippen LogP) is 5.17. The first-order valence-corrected chi connectivity index (χ1v) is 9.97. The van der Waals surface area contributed by atoms with Gasteiger partial charge in [0.25, 0.3) is 0 Å². The van der Waals surface area contributed by atoms with Gasteiger partial charge in [-0.3, -0.25) is 0 Å². The van der Waals surface area contributed by atoms with E-state index in [-0.39, 0.29) is 0 Å². The number of para-hydroxylation sites is 1. The van der Waals surface area contributed by atoms with Crippen molar-refractivity contribution >= 4 is 38.7 Å². The van der Waals surface area contributed by atoms with E-state index in [1.807, 2.05) is 36.4 Å². The minimum Gasteiger partial charge on any atom is -0.452 e. The number of rotatable bonds is 2. The van der Waals surface area contributed by atoms with Crippen LogP contribution in [0.5, 0.6) is 0 Å². The number of morpholine rings is 1. The number of anilines is 1. The number of fused-ring (bicyclic) bond motifs is 4. The summed E-state index contributed by atoms with van der Waals surface area (Å²) < 4.78 is 25.2. The van der Waals surface area contributed by atoms with Gasteiger partial charge in [-0.15, -0.1) is 0 Å². The minimum absolute atomic E-state index is 0.487. The summed E-state index contributed by atoms with van der Waals surface area (Å²) >= 11 is 0. The van der Waals surface area contributed by atoms with Gasteiger partial charge in [0.05, 0.1) is 24.4 Å². The quantitative estimate of drug-likeness (QED) is 0.383. The Morgan fingerprint density at radius 3 is 2.57 bits per heavy atom. The number of hydrogen-bond donors (Lipinski definition) is 0. The van der Waals surface area contributed by atoms with Gasteiger partial charge in [-0.1, -0.05) is 18.2 Å². The van der Waals surface area contributed by atoms with Gasteiger partial charge in [-0.25, -0.2) is 9.97 Å². The second kappa shape index (κ2) is 6.78. The molecule has 6 heteroatoms. The maximum atomic E-state index is 13.3. The molecule has 1 aliphatic rings. The smallest absolute Gasteiger partial charge is 0.212 e. The Balaban J connectivity index is 1.66. The summed E-state index contributed by atoms with van der Waals surface area (Å²) in [6.07, 6.45) is 1.55. The van der Waals surface area contributed by atoms with Gasteiger partial charge < -0.3 is 14.1 Å². The summed E-state index contributed by atoms with van der Waals surface area (Å²) in [6, 6.07) is 17.2. The predicted molar refractivity (Wildman–Crippen MR) is 115 cm³/mol. The Bertz CT molecular complexity index is 1390. The monoisotopic (exact) mass is 399 g/mol. The molecule has 0 unspecified atom stereocenters. The molecular formula is C24H18FN3O2. The van der Waals surface area contributed by atoms with Gasteiger partial charge in [0.1, 0.15) is 11.1 Å². The van der Waals surface area contributed by atoms with Crippen LogP contribution in [0.4, 0.5) is 10.1 Å². The van der Waals surface area contributed by atoms with E-state index in [4.69, 9.17) is 14.1 Å². The lowest BCUT2D eigenvalue weighted by atomic mass is 10.0. The summed E-state index contributed by atoms with van der Waals surface area (Å²) in [6.45, 7) is 2.92. The van der Waals surface area contributed by atoms with E-state index in [0.717, 1.165) is 62.9 Å². The Hall–Kier alpha value is -3.51. The van der Waals surface area contributed by atoms with E-state index >= 15 is 0 Å². The third-order valence-electron chi connectivity index (χ3n) is 5.66. The highest BCUT2D eigenvalue weighted by Crippen LogP contribution is 2.40. The van der Waals surface area contributed by atoms with Crippen molar-refractivity contribution in [1.29, 1.82) is 0 Å². The van der Waals surface area contributed by atoms with Crippen LogP contribution in [0.25, 0.3) is 44.1 Å². The fourth-order valence-electron chi connectivity index (χ4n) is 4.20. The number of aromatic nitrogens is 2. The summed E-state index contributed by atoms with van der Waals surface area (Å²) in [5.41, 5.74) is 6.24. The fraction of sp³-hybridized carbons (Fsp3) is 0.167. The molecule has 1 aliphatic heterocycles. The second-order valence-electron chi connectivity index (χ2n) is 7.44. The van der Waals surface area contributed by atoms with Crippen LogP contribution < -0.4 is 4.90 Å². The first kappa shape index (κ1) is 17.4. The molecule has 148 valence electrons. The number of ether oxygens (including phenoxy) is 1. The van der Waals surface area contributed by atoms with Crippen LogP contribution in [-0.2, 0) is 4.74 Å². The Morgan fingerprint density at radius 2 is 1.73 bits per heavy atom. The molecule has 0 N–H and O–H groups in total. The highest BCUT2D eigenvalue weighted by molar-refractivity contribution is 6.14. The number of halogens is 1. The van der Waals surface area contributed by atoms with Crippen molar-refractivity contribution < 1.29 is 13.5 Å². The molecule has 0 saturated carbocycles. The van der Waals surface area contributed by atoms with Gasteiger partial charge in [-0.05, 0) is 42.0 Å². The molecular weight excluding hydrogens is 381 g/mol. The molecule has 0 radical (unpaired) electrons. The van der Waals surface area contributed by atoms with Gasteiger partial charge in [-0.2, -0.15) is 4.39 Å². The van der Waals surface area contributed by atoms with E-state index in [2.05, 4.69) is 16.0 Å². The molecule has 5 aromatic rings. The largest absolute Gasteiger partial charge is 0.452 e. The molecule has 0 amide bonds. The molecule has 6 rings (SSSR count). The molecule has 3 aromatic heterocycles. The van der Waals surface area contributed by atoms with Gasteiger partial charge in [0.15, 0.2) is 5.58 Å². The lowest BCUT2D eigenvalue weighted by molar-refractivity contribution is 0.123. The highest BCUT2D eigenvalue weighted by atomic mass is 19.1. The minimum atomic E-state index is -0.487. The van der Waals surface area contributed by atoms with Gasteiger partial charge in [0, 0.05) is 35.6 Å². The topological polar surface area (TPSA) is 51.4 Å². The van der Waals surface area contributed by atoms with Crippen LogP contribution in [-0.4, -0.2) is 36.3 Å². The zero-order valence-electron chi connectivity index (χ0n) is 16.1. The SMILES string of the molecule is Fc1ccc(-c2ccc3nc4c(oc5ccccc54)c(N4CCOCC4)c3c2)cn1. The maximum absolute atomic E-state index is 13.3. The Morgan fingerprint density at radius 1 is 0.900 bits per heavy atom. The number of furan rings is 1. The first-order chi connectivity index (χ1) is 14.8. The molecule has 0 bridgehead atoms. The standard InChI is InChI=1S/C24H18FN3O2/c25-21-8-6-16(14-26-21)15-5-7-19-18(13-15)23(28-9-11-29-12-10-28)24-22(27-19)17-3-1-2-4-20(17)30-24/h1-8,13-14H,9-12H2. The molecule has 4 heterocycles. The zero-order valence-corrected chi connectivity index (χ0v) is 16.1. The van der Waals surface area contributed by atoms with Crippen molar-refractivity contribution in [1.82, 2.24) is 9.97 Å². The van der Waals surface area contributed by atoms with Crippen LogP contribution in [0.15, 0.2) is 65.2 Å². The number of benzene rings is 2. The average Bonchev–Trinajstić information content (AvgIpc) is 3.16. The van der Waals surface area contributed by atoms with Crippen LogP contribution in [0.3, 0.4) is 0 Å². The van der Waals surface area contributed by atoms with Crippen LogP contribution in [0.2, 0.25) is 0 Å². The molecule has 0 spiro atoms. The van der Waals surface area contributed by atoms with Crippen molar-refractivity contribution in [3.63, 3.8) is 0 Å². The van der Waals surface area contributed by atoms with Crippen molar-refractivity contribution in [3.8, 4) is 11.1 Å². The fourth-order valence-corrected chi connectivity index (χ4v) is 4.20. The molecule has 0 atom stereocenters. The van der Waals surface area contributed by atoms with Crippen LogP contribution in [0, 0.1) is 5.95 Å². The maximum Gasteiger partial charge on any atom is 0.212 e. The van der Waals surface area contributed by atoms with Crippen molar-refractivity contribution in [2.24, 2.45) is 0 Å². The first-order valence-electron chi connectivity index (χ1n) is 9.97. The van der Waals surface area contributed by atoms with Crippen molar-refractivity contribution in [3.05, 3.63) is 66.7 Å². The summed E-state index contributed by atoms with van der Waals surface area (Å²) in [5.74, 6) is -0.487. The normalized spacial score (nSPS) is 14.8. The Kier molecular flexibility index (Phi) is 3.92. The van der Waals surface area contributed by atoms with Crippen molar-refractivity contribution in [2.45, 2.75) is 0 Å². The molecule has 1 saturated heterocycles. The lowest BCUT2D eigenvalue weighted by Gasteiger charge is -2.29. The zero-order chi connectivity index (χ0) is 20.1. The van der Waals surface area contributed by atoms with Gasteiger partial charge >= 0.3 is 0 Å². The van der Waals surface area contributed by atoms with Crippen LogP contribution in [0.1, 0.15) is 0 Å². The third-order valence-corrected chi connectivity index (χ3v) is 5.66. The molecule has 2 aromatic carbocycles. The van der Waals surface area contributed by atoms with E-state index in [0.29, 0.717) is 13.2 Å². The van der Waals surface area contributed by atoms with E-state index in [1.54, 1.807) is 12.3 Å². The van der Waals surface area contributed by atoms with E-state index < -0.39 is 5.95 Å². The summed E-state index contributed by atoms with van der Waals surface area (Å²) in [5, 5.41) is 2.01. The van der Waals surface area contributed by atoms with Crippen LogP contribution >= 0.6 is 0 Å². The van der Waals surface area contributed by atoms with E-state index in [9.17, 15) is 4.39 Å². The lowest BCUT2D eigenvalue weighted by Crippen LogP contribution is -2.36.